The highest BCUT2D eigenvalue weighted by atomic mass is 14.5. The molecule has 0 bridgehead atoms. The minimum absolute atomic E-state index is 0.741. The van der Waals surface area contributed by atoms with Crippen molar-refractivity contribution in [3.63, 3.8) is 0 Å². The van der Waals surface area contributed by atoms with Crippen LogP contribution in [0.1, 0.15) is 26.2 Å². The zero-order valence-corrected chi connectivity index (χ0v) is 7.72. The maximum absolute atomic E-state index is 5.57. The van der Waals surface area contributed by atoms with Gasteiger partial charge in [-0.3, -0.25) is 0 Å². The van der Waals surface area contributed by atoms with Gasteiger partial charge in [-0.05, 0) is 44.3 Å². The van der Waals surface area contributed by atoms with Crippen molar-refractivity contribution in [1.29, 1.82) is 0 Å². The first-order chi connectivity index (χ1) is 5.72. The summed E-state index contributed by atoms with van der Waals surface area (Å²) >= 11 is 0. The molecule has 0 amide bonds. The van der Waals surface area contributed by atoms with E-state index in [9.17, 15) is 0 Å². The molecule has 0 heterocycles. The second kappa shape index (κ2) is 4.15. The molecule has 0 aromatic rings. The molecule has 0 aromatic heterocycles. The van der Waals surface area contributed by atoms with Gasteiger partial charge in [0.2, 0.25) is 0 Å². The Balaban J connectivity index is 2.37. The summed E-state index contributed by atoms with van der Waals surface area (Å²) in [5.74, 6) is 0.958. The van der Waals surface area contributed by atoms with Gasteiger partial charge < -0.3 is 5.73 Å². The smallest absolute Gasteiger partial charge is 0.0308 e. The fraction of sp³-hybridized carbons (Fsp3) is 0.455. The van der Waals surface area contributed by atoms with E-state index in [0.29, 0.717) is 0 Å². The molecule has 0 unspecified atom stereocenters. The monoisotopic (exact) mass is 163 g/mol. The van der Waals surface area contributed by atoms with Gasteiger partial charge in [0.25, 0.3) is 0 Å². The summed E-state index contributed by atoms with van der Waals surface area (Å²) in [6, 6.07) is 0. The standard InChI is InChI=1S/C11H17N/c1-3-11(12)7-4-9(2)8-10-5-6-10/h3-4,7,10H,1,5-6,8,12H2,2H3/b9-4+,11-7+. The quantitative estimate of drug-likeness (QED) is 0.634. The normalized spacial score (nSPS) is 19.4. The fourth-order valence-corrected chi connectivity index (χ4v) is 1.15. The molecule has 2 N–H and O–H groups in total. The third kappa shape index (κ3) is 3.42. The maximum Gasteiger partial charge on any atom is 0.0308 e. The lowest BCUT2D eigenvalue weighted by Crippen LogP contribution is -1.90. The molecule has 1 saturated carbocycles. The highest BCUT2D eigenvalue weighted by Gasteiger charge is 2.20. The van der Waals surface area contributed by atoms with Gasteiger partial charge in [0.1, 0.15) is 0 Å². The van der Waals surface area contributed by atoms with Crippen LogP contribution in [-0.2, 0) is 0 Å². The van der Waals surface area contributed by atoms with E-state index in [-0.39, 0.29) is 0 Å². The zero-order chi connectivity index (χ0) is 8.97. The van der Waals surface area contributed by atoms with Crippen LogP contribution >= 0.6 is 0 Å². The summed E-state index contributed by atoms with van der Waals surface area (Å²) in [6.45, 7) is 5.75. The predicted octanol–water partition coefficient (Wildman–Crippen LogP) is 2.76. The van der Waals surface area contributed by atoms with Gasteiger partial charge in [-0.15, -0.1) is 0 Å². The van der Waals surface area contributed by atoms with E-state index in [1.807, 2.05) is 6.08 Å². The topological polar surface area (TPSA) is 26.0 Å². The number of rotatable bonds is 4. The second-order valence-electron chi connectivity index (χ2n) is 3.53. The lowest BCUT2D eigenvalue weighted by Gasteiger charge is -1.95. The molecule has 0 atom stereocenters. The molecule has 0 aromatic carbocycles. The van der Waals surface area contributed by atoms with Crippen molar-refractivity contribution in [3.05, 3.63) is 36.1 Å². The predicted molar refractivity (Wildman–Crippen MR) is 53.6 cm³/mol. The van der Waals surface area contributed by atoms with Crippen molar-refractivity contribution in [1.82, 2.24) is 0 Å². The Morgan fingerprint density at radius 2 is 2.17 bits per heavy atom. The lowest BCUT2D eigenvalue weighted by atomic mass is 10.1. The molecule has 1 heteroatoms. The van der Waals surface area contributed by atoms with Crippen LogP contribution in [0.2, 0.25) is 0 Å². The third-order valence-electron chi connectivity index (χ3n) is 2.10. The van der Waals surface area contributed by atoms with Crippen LogP contribution < -0.4 is 5.73 Å². The van der Waals surface area contributed by atoms with E-state index >= 15 is 0 Å². The highest BCUT2D eigenvalue weighted by molar-refractivity contribution is 5.21. The molecule has 66 valence electrons. The SMILES string of the molecule is C=C/C(N)=C\C=C(/C)CC1CC1. The molecular formula is C11H17N. The van der Waals surface area contributed by atoms with Crippen molar-refractivity contribution in [2.45, 2.75) is 26.2 Å². The summed E-state index contributed by atoms with van der Waals surface area (Å²) < 4.78 is 0. The first kappa shape index (κ1) is 9.11. The second-order valence-corrected chi connectivity index (χ2v) is 3.53. The van der Waals surface area contributed by atoms with Crippen molar-refractivity contribution < 1.29 is 0 Å². The first-order valence-corrected chi connectivity index (χ1v) is 4.47. The molecule has 1 rings (SSSR count). The van der Waals surface area contributed by atoms with E-state index in [0.717, 1.165) is 11.6 Å². The summed E-state index contributed by atoms with van der Waals surface area (Å²) in [4.78, 5) is 0. The lowest BCUT2D eigenvalue weighted by molar-refractivity contribution is 0.820. The first-order valence-electron chi connectivity index (χ1n) is 4.47. The Morgan fingerprint density at radius 3 is 2.67 bits per heavy atom. The van der Waals surface area contributed by atoms with Crippen molar-refractivity contribution >= 4 is 0 Å². The molecule has 1 aliphatic rings. The average Bonchev–Trinajstić information content (AvgIpc) is 2.84. The van der Waals surface area contributed by atoms with E-state index < -0.39 is 0 Å². The van der Waals surface area contributed by atoms with E-state index in [2.05, 4.69) is 19.6 Å². The van der Waals surface area contributed by atoms with E-state index in [4.69, 9.17) is 5.73 Å². The molecular weight excluding hydrogens is 146 g/mol. The van der Waals surface area contributed by atoms with E-state index in [1.54, 1.807) is 6.08 Å². The number of nitrogens with two attached hydrogens (primary N) is 1. The van der Waals surface area contributed by atoms with Crippen molar-refractivity contribution in [2.75, 3.05) is 0 Å². The Kier molecular flexibility index (Phi) is 3.15. The van der Waals surface area contributed by atoms with Gasteiger partial charge in [-0.25, -0.2) is 0 Å². The maximum atomic E-state index is 5.57. The largest absolute Gasteiger partial charge is 0.399 e. The summed E-state index contributed by atoms with van der Waals surface area (Å²) in [5, 5.41) is 0. The Hall–Kier alpha value is -0.980. The average molecular weight is 163 g/mol. The Labute approximate surface area is 74.7 Å². The molecule has 1 fully saturated rings. The Bertz CT molecular complexity index is 219. The third-order valence-corrected chi connectivity index (χ3v) is 2.10. The van der Waals surface area contributed by atoms with Gasteiger partial charge in [-0.2, -0.15) is 0 Å². The van der Waals surface area contributed by atoms with Gasteiger partial charge >= 0.3 is 0 Å². The molecule has 12 heavy (non-hydrogen) atoms. The Morgan fingerprint density at radius 1 is 1.50 bits per heavy atom. The summed E-state index contributed by atoms with van der Waals surface area (Å²) in [6.07, 6.45) is 9.74. The van der Waals surface area contributed by atoms with Crippen LogP contribution in [0.25, 0.3) is 0 Å². The minimum atomic E-state index is 0.741. The van der Waals surface area contributed by atoms with Crippen LogP contribution in [-0.4, -0.2) is 0 Å². The molecule has 0 spiro atoms. The van der Waals surface area contributed by atoms with Crippen LogP contribution in [0.15, 0.2) is 36.1 Å². The van der Waals surface area contributed by atoms with Gasteiger partial charge in [0, 0.05) is 5.70 Å². The number of hydrogen-bond acceptors (Lipinski definition) is 1. The fourth-order valence-electron chi connectivity index (χ4n) is 1.15. The molecule has 1 nitrogen and oxygen atoms in total. The van der Waals surface area contributed by atoms with Gasteiger partial charge in [0.15, 0.2) is 0 Å². The van der Waals surface area contributed by atoms with Crippen LogP contribution in [0.4, 0.5) is 0 Å². The zero-order valence-electron chi connectivity index (χ0n) is 7.72. The summed E-state index contributed by atoms with van der Waals surface area (Å²) in [7, 11) is 0. The van der Waals surface area contributed by atoms with E-state index in [1.165, 1.54) is 24.8 Å². The van der Waals surface area contributed by atoms with Crippen molar-refractivity contribution in [3.8, 4) is 0 Å². The van der Waals surface area contributed by atoms with Crippen LogP contribution in [0.3, 0.4) is 0 Å². The van der Waals surface area contributed by atoms with Crippen molar-refractivity contribution in [2.24, 2.45) is 11.7 Å². The van der Waals surface area contributed by atoms with Gasteiger partial charge in [-0.1, -0.05) is 18.2 Å². The number of hydrogen-bond donors (Lipinski definition) is 1. The summed E-state index contributed by atoms with van der Waals surface area (Å²) in [5.41, 5.74) is 7.73. The molecule has 1 aliphatic carbocycles. The van der Waals surface area contributed by atoms with Crippen LogP contribution in [0.5, 0.6) is 0 Å². The highest BCUT2D eigenvalue weighted by Crippen LogP contribution is 2.34. The molecule has 0 radical (unpaired) electrons. The minimum Gasteiger partial charge on any atom is -0.399 e. The van der Waals surface area contributed by atoms with Gasteiger partial charge in [0.05, 0.1) is 0 Å². The molecule has 0 aliphatic heterocycles. The van der Waals surface area contributed by atoms with Crippen LogP contribution in [0, 0.1) is 5.92 Å². The number of allylic oxidation sites excluding steroid dienone is 4. The molecule has 0 saturated heterocycles.